The summed E-state index contributed by atoms with van der Waals surface area (Å²) >= 11 is 0. The number of Topliss-reactive ketones (excluding diaryl/α,β-unsaturated/α-hetero) is 1. The van der Waals surface area contributed by atoms with Gasteiger partial charge in [0.1, 0.15) is 18.0 Å². The van der Waals surface area contributed by atoms with Crippen molar-refractivity contribution in [2.24, 2.45) is 11.1 Å². The topological polar surface area (TPSA) is 125 Å². The maximum atomic E-state index is 15.6. The maximum Gasteiger partial charge on any atom is 0.323 e. The van der Waals surface area contributed by atoms with Crippen molar-refractivity contribution >= 4 is 23.3 Å². The molecule has 0 bridgehead atoms. The Hall–Kier alpha value is -3.24. The van der Waals surface area contributed by atoms with Gasteiger partial charge in [0.15, 0.2) is 5.78 Å². The Bertz CT molecular complexity index is 1370. The van der Waals surface area contributed by atoms with E-state index in [1.165, 1.54) is 6.07 Å². The van der Waals surface area contributed by atoms with Crippen LogP contribution in [0.1, 0.15) is 96.5 Å². The van der Waals surface area contributed by atoms with Crippen LogP contribution in [0.4, 0.5) is 10.1 Å². The standard InChI is InChI=1S/C30H37FN4O5/c1-30(2)12-23-26(25(36)13-30)19-14-39-15-24(19)35(23)17-10-20(31)27(28(32)37)22(11-17)34-16-5-7-18(8-6-16)40-29(38)21-4-3-9-33-21/h10-11,16,18,21,33-34H,3-9,12-15H2,1-2H3,(H2,32,37). The van der Waals surface area contributed by atoms with Gasteiger partial charge in [-0.2, -0.15) is 0 Å². The number of anilines is 1. The largest absolute Gasteiger partial charge is 0.461 e. The molecule has 10 heteroatoms. The molecule has 9 nitrogen and oxygen atoms in total. The number of aromatic nitrogens is 1. The van der Waals surface area contributed by atoms with Crippen LogP contribution in [0.15, 0.2) is 12.1 Å². The Morgan fingerprint density at radius 1 is 1.12 bits per heavy atom. The van der Waals surface area contributed by atoms with Gasteiger partial charge in [-0.3, -0.25) is 14.4 Å². The van der Waals surface area contributed by atoms with E-state index < -0.39 is 11.7 Å². The number of amides is 1. The minimum absolute atomic E-state index is 0.0413. The highest BCUT2D eigenvalue weighted by Gasteiger charge is 2.39. The first-order chi connectivity index (χ1) is 19.1. The summed E-state index contributed by atoms with van der Waals surface area (Å²) in [7, 11) is 0. The Morgan fingerprint density at radius 2 is 1.90 bits per heavy atom. The van der Waals surface area contributed by atoms with E-state index in [1.54, 1.807) is 6.07 Å². The Labute approximate surface area is 232 Å². The maximum absolute atomic E-state index is 15.6. The number of fused-ring (bicyclic) bond motifs is 3. The Morgan fingerprint density at radius 3 is 2.60 bits per heavy atom. The number of ketones is 1. The highest BCUT2D eigenvalue weighted by molar-refractivity contribution is 6.01. The smallest absolute Gasteiger partial charge is 0.323 e. The molecular formula is C30H37FN4O5. The van der Waals surface area contributed by atoms with Crippen molar-refractivity contribution in [2.75, 3.05) is 11.9 Å². The van der Waals surface area contributed by atoms with E-state index in [0.717, 1.165) is 36.3 Å². The zero-order valence-corrected chi connectivity index (χ0v) is 23.1. The van der Waals surface area contributed by atoms with Crippen molar-refractivity contribution in [3.8, 4) is 5.69 Å². The van der Waals surface area contributed by atoms with Crippen LogP contribution in [-0.2, 0) is 33.9 Å². The molecule has 2 fully saturated rings. The lowest BCUT2D eigenvalue weighted by Gasteiger charge is -2.31. The fourth-order valence-corrected chi connectivity index (χ4v) is 6.90. The monoisotopic (exact) mass is 552 g/mol. The summed E-state index contributed by atoms with van der Waals surface area (Å²) in [6.07, 6.45) is 5.50. The lowest BCUT2D eigenvalue weighted by Crippen LogP contribution is -2.37. The van der Waals surface area contributed by atoms with Gasteiger partial charge in [-0.15, -0.1) is 0 Å². The second-order valence-corrected chi connectivity index (χ2v) is 12.4. The van der Waals surface area contributed by atoms with E-state index in [1.807, 2.05) is 4.57 Å². The summed E-state index contributed by atoms with van der Waals surface area (Å²) < 4.78 is 28.9. The molecule has 1 aromatic carbocycles. The molecule has 1 unspecified atom stereocenters. The highest BCUT2D eigenvalue weighted by Crippen LogP contribution is 2.43. The average molecular weight is 553 g/mol. The molecule has 6 rings (SSSR count). The third-order valence-corrected chi connectivity index (χ3v) is 8.77. The number of hydrogen-bond donors (Lipinski definition) is 3. The van der Waals surface area contributed by atoms with Gasteiger partial charge in [0.25, 0.3) is 5.91 Å². The van der Waals surface area contributed by atoms with Crippen LogP contribution >= 0.6 is 0 Å². The lowest BCUT2D eigenvalue weighted by atomic mass is 9.75. The molecule has 2 aliphatic heterocycles. The number of nitrogens with two attached hydrogens (primary N) is 1. The zero-order chi connectivity index (χ0) is 28.2. The molecule has 1 saturated carbocycles. The van der Waals surface area contributed by atoms with Crippen LogP contribution < -0.4 is 16.4 Å². The van der Waals surface area contributed by atoms with Gasteiger partial charge in [0.05, 0.1) is 35.8 Å². The first kappa shape index (κ1) is 27.0. The molecule has 1 atom stereocenters. The minimum atomic E-state index is -0.849. The molecule has 2 aliphatic carbocycles. The van der Waals surface area contributed by atoms with E-state index in [0.29, 0.717) is 68.7 Å². The number of benzene rings is 1. The molecule has 0 spiro atoms. The van der Waals surface area contributed by atoms with Gasteiger partial charge in [0, 0.05) is 29.3 Å². The minimum Gasteiger partial charge on any atom is -0.461 e. The SMILES string of the molecule is CC1(C)CC(=O)c2c3c(n(-c4cc(F)c(C(N)=O)c(NC5CCC(OC(=O)C6CCCN6)CC5)c4)c2C1)COC3. The average Bonchev–Trinajstić information content (AvgIpc) is 3.61. The molecule has 2 aromatic rings. The number of primary amides is 1. The van der Waals surface area contributed by atoms with Crippen molar-refractivity contribution in [3.63, 3.8) is 0 Å². The molecule has 40 heavy (non-hydrogen) atoms. The summed E-state index contributed by atoms with van der Waals surface area (Å²) in [6, 6.07) is 2.82. The summed E-state index contributed by atoms with van der Waals surface area (Å²) in [4.78, 5) is 37.9. The first-order valence-electron chi connectivity index (χ1n) is 14.3. The summed E-state index contributed by atoms with van der Waals surface area (Å²) in [5.41, 5.74) is 9.37. The predicted molar refractivity (Wildman–Crippen MR) is 146 cm³/mol. The van der Waals surface area contributed by atoms with Gasteiger partial charge < -0.3 is 30.4 Å². The van der Waals surface area contributed by atoms with Gasteiger partial charge in [-0.05, 0) is 69.0 Å². The van der Waals surface area contributed by atoms with Crippen LogP contribution in [0.3, 0.4) is 0 Å². The highest BCUT2D eigenvalue weighted by atomic mass is 19.1. The number of nitrogens with one attached hydrogen (secondary N) is 2. The molecule has 1 saturated heterocycles. The van der Waals surface area contributed by atoms with E-state index in [-0.39, 0.29) is 40.9 Å². The van der Waals surface area contributed by atoms with Crippen LogP contribution in [0.25, 0.3) is 5.69 Å². The molecular weight excluding hydrogens is 515 g/mol. The van der Waals surface area contributed by atoms with Crippen molar-refractivity contribution in [3.05, 3.63) is 46.0 Å². The Balaban J connectivity index is 1.27. The quantitative estimate of drug-likeness (QED) is 0.464. The number of carbonyl (C=O) groups excluding carboxylic acids is 3. The van der Waals surface area contributed by atoms with Crippen LogP contribution in [0.2, 0.25) is 0 Å². The van der Waals surface area contributed by atoms with Crippen molar-refractivity contribution in [2.45, 2.75) is 96.6 Å². The van der Waals surface area contributed by atoms with E-state index in [4.69, 9.17) is 15.2 Å². The van der Waals surface area contributed by atoms with Crippen molar-refractivity contribution in [1.29, 1.82) is 0 Å². The number of nitrogens with zero attached hydrogens (tertiary/aromatic N) is 1. The van der Waals surface area contributed by atoms with Crippen molar-refractivity contribution in [1.82, 2.24) is 9.88 Å². The summed E-state index contributed by atoms with van der Waals surface area (Å²) in [6.45, 7) is 5.65. The van der Waals surface area contributed by atoms with Gasteiger partial charge in [-0.1, -0.05) is 13.8 Å². The van der Waals surface area contributed by atoms with Crippen LogP contribution in [0.5, 0.6) is 0 Å². The lowest BCUT2D eigenvalue weighted by molar-refractivity contribution is -0.152. The van der Waals surface area contributed by atoms with Crippen LogP contribution in [-0.4, -0.2) is 47.0 Å². The molecule has 214 valence electrons. The number of carbonyl (C=O) groups is 3. The van der Waals surface area contributed by atoms with E-state index >= 15 is 4.39 Å². The van der Waals surface area contributed by atoms with Gasteiger partial charge in [0.2, 0.25) is 0 Å². The van der Waals surface area contributed by atoms with E-state index in [2.05, 4.69) is 24.5 Å². The Kier molecular flexibility index (Phi) is 6.94. The second kappa shape index (κ2) is 10.3. The number of hydrogen-bond acceptors (Lipinski definition) is 7. The van der Waals surface area contributed by atoms with Gasteiger partial charge in [-0.25, -0.2) is 4.39 Å². The second-order valence-electron chi connectivity index (χ2n) is 12.4. The predicted octanol–water partition coefficient (Wildman–Crippen LogP) is 3.92. The van der Waals surface area contributed by atoms with Crippen molar-refractivity contribution < 1.29 is 28.2 Å². The number of esters is 1. The normalized spacial score (nSPS) is 25.4. The molecule has 1 aromatic heterocycles. The number of rotatable bonds is 6. The summed E-state index contributed by atoms with van der Waals surface area (Å²) in [5.74, 6) is -1.67. The fourth-order valence-electron chi connectivity index (χ4n) is 6.90. The molecule has 4 N–H and O–H groups in total. The number of halogens is 1. The molecule has 3 heterocycles. The molecule has 1 amide bonds. The van der Waals surface area contributed by atoms with Gasteiger partial charge >= 0.3 is 5.97 Å². The third kappa shape index (κ3) is 4.92. The summed E-state index contributed by atoms with van der Waals surface area (Å²) in [5, 5.41) is 6.54. The third-order valence-electron chi connectivity index (χ3n) is 8.77. The number of ether oxygens (including phenoxy) is 2. The molecule has 4 aliphatic rings. The first-order valence-corrected chi connectivity index (χ1v) is 14.3. The van der Waals surface area contributed by atoms with Crippen LogP contribution in [0, 0.1) is 11.2 Å². The molecule has 0 radical (unpaired) electrons. The fraction of sp³-hybridized carbons (Fsp3) is 0.567. The van der Waals surface area contributed by atoms with E-state index in [9.17, 15) is 14.4 Å². The zero-order valence-electron chi connectivity index (χ0n) is 23.1.